The fourth-order valence-corrected chi connectivity index (χ4v) is 8.79. The van der Waals surface area contributed by atoms with Crippen molar-refractivity contribution in [2.45, 2.75) is 95.3 Å². The van der Waals surface area contributed by atoms with Gasteiger partial charge in [0.2, 0.25) is 11.8 Å². The zero-order valence-electron chi connectivity index (χ0n) is 21.9. The first-order chi connectivity index (χ1) is 17.5. The standard InChI is InChI=1S/C29H47FN4O2/c30-27-13-19(3-6-24(27)28(35)33-22-4-1-20-15-31-9-7-17(20)11-22)25-14-26(25)29(36)34-23-5-2-21-16-32-10-8-18(21)12-23/h17-27,31-32H,1-16H2,(H,33,35)(H,34,36). The molecule has 0 spiro atoms. The van der Waals surface area contributed by atoms with E-state index in [1.54, 1.807) is 0 Å². The quantitative estimate of drug-likeness (QED) is 0.466. The topological polar surface area (TPSA) is 82.3 Å². The van der Waals surface area contributed by atoms with Crippen LogP contribution in [0.25, 0.3) is 0 Å². The molecule has 2 aliphatic heterocycles. The maximum atomic E-state index is 15.2. The van der Waals surface area contributed by atoms with Crippen LogP contribution in [-0.2, 0) is 9.59 Å². The predicted octanol–water partition coefficient (Wildman–Crippen LogP) is 3.17. The highest BCUT2D eigenvalue weighted by Gasteiger charge is 2.51. The molecule has 0 aromatic carbocycles. The van der Waals surface area contributed by atoms with Crippen LogP contribution in [0.5, 0.6) is 0 Å². The average Bonchev–Trinajstić information content (AvgIpc) is 3.70. The van der Waals surface area contributed by atoms with Crippen LogP contribution < -0.4 is 21.3 Å². The summed E-state index contributed by atoms with van der Waals surface area (Å²) in [6.07, 6.45) is 10.9. The molecule has 0 aromatic rings. The monoisotopic (exact) mass is 502 g/mol. The van der Waals surface area contributed by atoms with E-state index in [4.69, 9.17) is 0 Å². The van der Waals surface area contributed by atoms with Gasteiger partial charge in [0.1, 0.15) is 6.17 Å². The third-order valence-corrected chi connectivity index (χ3v) is 11.1. The number of carbonyl (C=O) groups excluding carboxylic acids is 2. The van der Waals surface area contributed by atoms with E-state index in [-0.39, 0.29) is 29.7 Å². The molecule has 2 amide bonds. The minimum absolute atomic E-state index is 0.0584. The van der Waals surface area contributed by atoms with Crippen molar-refractivity contribution in [2.75, 3.05) is 26.2 Å². The first kappa shape index (κ1) is 25.1. The Morgan fingerprint density at radius 1 is 0.583 bits per heavy atom. The van der Waals surface area contributed by atoms with Gasteiger partial charge in [-0.05, 0) is 139 Å². The van der Waals surface area contributed by atoms with E-state index in [1.165, 1.54) is 25.7 Å². The van der Waals surface area contributed by atoms with Crippen LogP contribution >= 0.6 is 0 Å². The molecule has 6 rings (SSSR count). The van der Waals surface area contributed by atoms with Gasteiger partial charge < -0.3 is 21.3 Å². The number of piperidine rings is 2. The number of hydrogen-bond acceptors (Lipinski definition) is 4. The minimum atomic E-state index is -1.07. The molecule has 4 aliphatic carbocycles. The van der Waals surface area contributed by atoms with Crippen LogP contribution in [0.3, 0.4) is 0 Å². The highest BCUT2D eigenvalue weighted by atomic mass is 19.1. The summed E-state index contributed by atoms with van der Waals surface area (Å²) in [6, 6.07) is 0.546. The van der Waals surface area contributed by atoms with Crippen molar-refractivity contribution in [2.24, 2.45) is 47.3 Å². The number of rotatable bonds is 5. The van der Waals surface area contributed by atoms with Crippen LogP contribution in [0.1, 0.15) is 77.0 Å². The van der Waals surface area contributed by atoms with Gasteiger partial charge in [-0.25, -0.2) is 4.39 Å². The summed E-state index contributed by atoms with van der Waals surface area (Å²) in [5.74, 6) is 3.28. The summed E-state index contributed by atoms with van der Waals surface area (Å²) in [6.45, 7) is 4.44. The second-order valence-corrected chi connectivity index (χ2v) is 13.3. The third-order valence-electron chi connectivity index (χ3n) is 11.1. The number of nitrogens with one attached hydrogen (secondary N) is 4. The fourth-order valence-electron chi connectivity index (χ4n) is 8.79. The van der Waals surface area contributed by atoms with Crippen molar-refractivity contribution in [3.8, 4) is 0 Å². The number of carbonyl (C=O) groups is 2. The number of amides is 2. The molecule has 202 valence electrons. The molecule has 2 saturated heterocycles. The largest absolute Gasteiger partial charge is 0.353 e. The second-order valence-electron chi connectivity index (χ2n) is 13.3. The van der Waals surface area contributed by atoms with Crippen molar-refractivity contribution in [3.05, 3.63) is 0 Å². The second kappa shape index (κ2) is 10.9. The SMILES string of the molecule is O=C(NC1CCC2CNCCC2C1)C1CCC(C2CC2C(=O)NC2CCC3CNCCC3C2)CC1F. The molecule has 7 heteroatoms. The molecule has 0 bridgehead atoms. The van der Waals surface area contributed by atoms with Crippen LogP contribution in [0.15, 0.2) is 0 Å². The molecule has 6 fully saturated rings. The van der Waals surface area contributed by atoms with Crippen molar-refractivity contribution >= 4 is 11.8 Å². The van der Waals surface area contributed by atoms with E-state index in [9.17, 15) is 9.59 Å². The Labute approximate surface area is 216 Å². The Hall–Kier alpha value is -1.21. The Morgan fingerprint density at radius 2 is 1.14 bits per heavy atom. The maximum Gasteiger partial charge on any atom is 0.226 e. The lowest BCUT2D eigenvalue weighted by Gasteiger charge is -2.40. The number of hydrogen-bond donors (Lipinski definition) is 4. The Kier molecular flexibility index (Phi) is 7.58. The molecule has 4 N–H and O–H groups in total. The average molecular weight is 503 g/mol. The Balaban J connectivity index is 0.933. The summed E-state index contributed by atoms with van der Waals surface area (Å²) in [5, 5.41) is 13.6. The lowest BCUT2D eigenvalue weighted by Crippen LogP contribution is -2.49. The van der Waals surface area contributed by atoms with Crippen molar-refractivity contribution in [1.29, 1.82) is 0 Å². The van der Waals surface area contributed by atoms with Crippen molar-refractivity contribution < 1.29 is 14.0 Å². The van der Waals surface area contributed by atoms with Gasteiger partial charge in [-0.1, -0.05) is 0 Å². The highest BCUT2D eigenvalue weighted by molar-refractivity contribution is 5.82. The van der Waals surface area contributed by atoms with Crippen molar-refractivity contribution in [3.63, 3.8) is 0 Å². The van der Waals surface area contributed by atoms with Gasteiger partial charge in [0.15, 0.2) is 0 Å². The zero-order chi connectivity index (χ0) is 24.6. The third kappa shape index (κ3) is 5.48. The molecule has 4 saturated carbocycles. The van der Waals surface area contributed by atoms with E-state index < -0.39 is 12.1 Å². The highest BCUT2D eigenvalue weighted by Crippen LogP contribution is 2.51. The van der Waals surface area contributed by atoms with Crippen LogP contribution in [0, 0.1) is 47.3 Å². The maximum absolute atomic E-state index is 15.2. The molecule has 11 unspecified atom stereocenters. The molecular weight excluding hydrogens is 455 g/mol. The molecule has 11 atom stereocenters. The lowest BCUT2D eigenvalue weighted by atomic mass is 9.73. The first-order valence-corrected chi connectivity index (χ1v) is 15.2. The van der Waals surface area contributed by atoms with E-state index in [2.05, 4.69) is 21.3 Å². The van der Waals surface area contributed by atoms with Crippen LogP contribution in [0.4, 0.5) is 4.39 Å². The first-order valence-electron chi connectivity index (χ1n) is 15.2. The minimum Gasteiger partial charge on any atom is -0.353 e. The van der Waals surface area contributed by atoms with Gasteiger partial charge in [0.25, 0.3) is 0 Å². The predicted molar refractivity (Wildman–Crippen MR) is 138 cm³/mol. The summed E-state index contributed by atoms with van der Waals surface area (Å²) in [5.41, 5.74) is 0. The molecule has 0 aromatic heterocycles. The van der Waals surface area contributed by atoms with E-state index in [0.717, 1.165) is 82.5 Å². The molecule has 6 aliphatic rings. The lowest BCUT2D eigenvalue weighted by molar-refractivity contribution is -0.130. The molecule has 2 heterocycles. The summed E-state index contributed by atoms with van der Waals surface area (Å²) < 4.78 is 15.2. The van der Waals surface area contributed by atoms with Gasteiger partial charge in [0.05, 0.1) is 5.92 Å². The van der Waals surface area contributed by atoms with E-state index >= 15 is 4.39 Å². The van der Waals surface area contributed by atoms with E-state index in [1.807, 2.05) is 0 Å². The van der Waals surface area contributed by atoms with Crippen LogP contribution in [-0.4, -0.2) is 56.2 Å². The summed E-state index contributed by atoms with van der Waals surface area (Å²) in [7, 11) is 0. The van der Waals surface area contributed by atoms with Gasteiger partial charge >= 0.3 is 0 Å². The summed E-state index contributed by atoms with van der Waals surface area (Å²) in [4.78, 5) is 26.0. The van der Waals surface area contributed by atoms with E-state index in [0.29, 0.717) is 30.7 Å². The smallest absolute Gasteiger partial charge is 0.226 e. The number of fused-ring (bicyclic) bond motifs is 2. The molecule has 36 heavy (non-hydrogen) atoms. The van der Waals surface area contributed by atoms with Gasteiger partial charge in [-0.15, -0.1) is 0 Å². The normalized spacial score (nSPS) is 46.6. The fraction of sp³-hybridized carbons (Fsp3) is 0.931. The Bertz CT molecular complexity index is 810. The van der Waals surface area contributed by atoms with Gasteiger partial charge in [0, 0.05) is 18.0 Å². The summed E-state index contributed by atoms with van der Waals surface area (Å²) >= 11 is 0. The molecule has 6 nitrogen and oxygen atoms in total. The van der Waals surface area contributed by atoms with Gasteiger partial charge in [-0.3, -0.25) is 9.59 Å². The van der Waals surface area contributed by atoms with Crippen molar-refractivity contribution in [1.82, 2.24) is 21.3 Å². The number of halogens is 1. The number of alkyl halides is 1. The molecular formula is C29H47FN4O2. The van der Waals surface area contributed by atoms with Gasteiger partial charge in [-0.2, -0.15) is 0 Å². The molecule has 0 radical (unpaired) electrons. The zero-order valence-corrected chi connectivity index (χ0v) is 21.9. The van der Waals surface area contributed by atoms with Crippen LogP contribution in [0.2, 0.25) is 0 Å². The Morgan fingerprint density at radius 3 is 1.72 bits per heavy atom.